The van der Waals surface area contributed by atoms with Gasteiger partial charge in [-0.15, -0.1) is 0 Å². The Morgan fingerprint density at radius 2 is 1.86 bits per heavy atom. The van der Waals surface area contributed by atoms with Gasteiger partial charge >= 0.3 is 0 Å². The second kappa shape index (κ2) is 7.18. The van der Waals surface area contributed by atoms with Crippen molar-refractivity contribution in [2.45, 2.75) is 34.6 Å². The Labute approximate surface area is 86.5 Å². The highest BCUT2D eigenvalue weighted by Gasteiger charge is 2.10. The summed E-state index contributed by atoms with van der Waals surface area (Å²) in [5.74, 6) is 1.71. The summed E-state index contributed by atoms with van der Waals surface area (Å²) in [5.41, 5.74) is 1.01. The van der Waals surface area contributed by atoms with Crippen LogP contribution in [-0.2, 0) is 0 Å². The van der Waals surface area contributed by atoms with Crippen LogP contribution < -0.4 is 10.1 Å². The molecule has 0 aliphatic carbocycles. The van der Waals surface area contributed by atoms with Crippen molar-refractivity contribution >= 4 is 5.82 Å². The summed E-state index contributed by atoms with van der Waals surface area (Å²) in [4.78, 5) is 4.22. The summed E-state index contributed by atoms with van der Waals surface area (Å²) >= 11 is 0. The van der Waals surface area contributed by atoms with E-state index < -0.39 is 0 Å². The predicted octanol–water partition coefficient (Wildman–Crippen LogP) is 3.20. The van der Waals surface area contributed by atoms with Crippen LogP contribution in [0.3, 0.4) is 0 Å². The molecule has 1 aliphatic heterocycles. The Morgan fingerprint density at radius 3 is 2.50 bits per heavy atom. The minimum absolute atomic E-state index is 0.547. The summed E-state index contributed by atoms with van der Waals surface area (Å²) < 4.78 is 5.18. The third kappa shape index (κ3) is 3.24. The van der Waals surface area contributed by atoms with Crippen molar-refractivity contribution in [2.75, 3.05) is 12.0 Å². The molecular formula is C11H20N2O. The average Bonchev–Trinajstić information content (AvgIpc) is 2.71. The second-order valence-corrected chi connectivity index (χ2v) is 2.26. The Morgan fingerprint density at radius 1 is 1.21 bits per heavy atom. The zero-order valence-corrected chi connectivity index (χ0v) is 9.72. The number of aromatic nitrogens is 1. The van der Waals surface area contributed by atoms with Crippen LogP contribution >= 0.6 is 0 Å². The van der Waals surface area contributed by atoms with Gasteiger partial charge in [0.1, 0.15) is 0 Å². The second-order valence-electron chi connectivity index (χ2n) is 2.26. The number of hydrogen-bond donors (Lipinski definition) is 1. The number of aryl methyl sites for hydroxylation is 1. The van der Waals surface area contributed by atoms with Crippen LogP contribution in [0, 0.1) is 6.92 Å². The smallest absolute Gasteiger partial charge is 0.171 e. The Balaban J connectivity index is 0.000000379. The molecule has 14 heavy (non-hydrogen) atoms. The third-order valence-corrected chi connectivity index (χ3v) is 1.46. The van der Waals surface area contributed by atoms with Gasteiger partial charge in [0.05, 0.1) is 0 Å². The first-order valence-electron chi connectivity index (χ1n) is 5.20. The summed E-state index contributed by atoms with van der Waals surface area (Å²) in [5, 5.41) is 3.01. The van der Waals surface area contributed by atoms with Crippen molar-refractivity contribution in [1.82, 2.24) is 4.98 Å². The first-order valence-corrected chi connectivity index (χ1v) is 5.20. The lowest BCUT2D eigenvalue weighted by atomic mass is 10.3. The van der Waals surface area contributed by atoms with Crippen LogP contribution in [0.5, 0.6) is 5.75 Å². The number of nitrogens with one attached hydrogen (secondary N) is 1. The van der Waals surface area contributed by atoms with E-state index in [2.05, 4.69) is 10.3 Å². The maximum Gasteiger partial charge on any atom is 0.171 e. The van der Waals surface area contributed by atoms with Gasteiger partial charge in [-0.25, -0.2) is 4.98 Å². The molecule has 3 heteroatoms. The predicted molar refractivity (Wildman–Crippen MR) is 60.8 cm³/mol. The molecule has 0 unspecified atom stereocenters. The molecule has 0 atom stereocenters. The number of fused-ring (bicyclic) bond motifs is 1. The lowest BCUT2D eigenvalue weighted by Gasteiger charge is -1.95. The van der Waals surface area contributed by atoms with E-state index in [9.17, 15) is 0 Å². The number of rotatable bonds is 0. The molecule has 1 aliphatic rings. The molecule has 2 heterocycles. The van der Waals surface area contributed by atoms with Crippen LogP contribution in [0.4, 0.5) is 5.82 Å². The Bertz CT molecular complexity index is 261. The van der Waals surface area contributed by atoms with E-state index in [0.29, 0.717) is 6.73 Å². The van der Waals surface area contributed by atoms with E-state index in [0.717, 1.165) is 17.3 Å². The standard InChI is InChI=1S/C7H8N2O.2C2H6/c1-5-2-3-6-7(9-5)8-4-10-6;2*1-2/h2-3H,4H2,1H3,(H,8,9);2*1-2H3. The van der Waals surface area contributed by atoms with Gasteiger partial charge in [0.2, 0.25) is 0 Å². The molecule has 1 aromatic heterocycles. The molecule has 80 valence electrons. The zero-order valence-electron chi connectivity index (χ0n) is 9.72. The van der Waals surface area contributed by atoms with Crippen molar-refractivity contribution in [3.8, 4) is 5.75 Å². The van der Waals surface area contributed by atoms with E-state index in [4.69, 9.17) is 4.74 Å². The molecule has 0 saturated carbocycles. The van der Waals surface area contributed by atoms with Gasteiger partial charge in [0.15, 0.2) is 18.3 Å². The van der Waals surface area contributed by atoms with Gasteiger partial charge in [-0.2, -0.15) is 0 Å². The molecule has 0 fully saturated rings. The summed E-state index contributed by atoms with van der Waals surface area (Å²) in [6.07, 6.45) is 0. The van der Waals surface area contributed by atoms with Gasteiger partial charge in [-0.3, -0.25) is 0 Å². The number of hydrogen-bond acceptors (Lipinski definition) is 3. The minimum Gasteiger partial charge on any atom is -0.469 e. The fourth-order valence-electron chi connectivity index (χ4n) is 0.969. The molecule has 2 rings (SSSR count). The van der Waals surface area contributed by atoms with Gasteiger partial charge in [0, 0.05) is 5.69 Å². The molecule has 1 aromatic rings. The fraction of sp³-hybridized carbons (Fsp3) is 0.545. The maximum atomic E-state index is 5.18. The SMILES string of the molecule is CC.CC.Cc1ccc2c(n1)NCO2. The topological polar surface area (TPSA) is 34.2 Å². The van der Waals surface area contributed by atoms with Gasteiger partial charge in [-0.1, -0.05) is 27.7 Å². The van der Waals surface area contributed by atoms with Crippen molar-refractivity contribution in [2.24, 2.45) is 0 Å². The highest BCUT2D eigenvalue weighted by Crippen LogP contribution is 2.25. The van der Waals surface area contributed by atoms with E-state index >= 15 is 0 Å². The van der Waals surface area contributed by atoms with Crippen molar-refractivity contribution in [1.29, 1.82) is 0 Å². The number of nitrogens with zero attached hydrogens (tertiary/aromatic N) is 1. The minimum atomic E-state index is 0.547. The first kappa shape index (κ1) is 12.8. The number of ether oxygens (including phenoxy) is 1. The molecule has 0 radical (unpaired) electrons. The monoisotopic (exact) mass is 196 g/mol. The van der Waals surface area contributed by atoms with Crippen LogP contribution in [0.2, 0.25) is 0 Å². The quantitative estimate of drug-likeness (QED) is 0.692. The molecule has 1 N–H and O–H groups in total. The van der Waals surface area contributed by atoms with Gasteiger partial charge in [-0.05, 0) is 19.1 Å². The van der Waals surface area contributed by atoms with E-state index in [1.807, 2.05) is 46.8 Å². The fourth-order valence-corrected chi connectivity index (χ4v) is 0.969. The van der Waals surface area contributed by atoms with Crippen LogP contribution in [0.1, 0.15) is 33.4 Å². The van der Waals surface area contributed by atoms with E-state index in [1.165, 1.54) is 0 Å². The highest BCUT2D eigenvalue weighted by atomic mass is 16.5. The molecule has 0 spiro atoms. The molecule has 0 bridgehead atoms. The van der Waals surface area contributed by atoms with Crippen LogP contribution in [0.25, 0.3) is 0 Å². The lowest BCUT2D eigenvalue weighted by Crippen LogP contribution is -1.97. The molecule has 0 saturated heterocycles. The summed E-state index contributed by atoms with van der Waals surface area (Å²) in [7, 11) is 0. The first-order chi connectivity index (χ1) is 6.86. The summed E-state index contributed by atoms with van der Waals surface area (Å²) in [6, 6.07) is 3.86. The van der Waals surface area contributed by atoms with Crippen molar-refractivity contribution in [3.05, 3.63) is 17.8 Å². The molecule has 0 aromatic carbocycles. The van der Waals surface area contributed by atoms with E-state index in [-0.39, 0.29) is 0 Å². The third-order valence-electron chi connectivity index (χ3n) is 1.46. The lowest BCUT2D eigenvalue weighted by molar-refractivity contribution is 0.372. The van der Waals surface area contributed by atoms with Crippen LogP contribution in [0.15, 0.2) is 12.1 Å². The Hall–Kier alpha value is -1.25. The van der Waals surface area contributed by atoms with E-state index in [1.54, 1.807) is 0 Å². The Kier molecular flexibility index (Phi) is 6.54. The van der Waals surface area contributed by atoms with Crippen molar-refractivity contribution in [3.63, 3.8) is 0 Å². The normalized spacial score (nSPS) is 10.6. The van der Waals surface area contributed by atoms with Crippen molar-refractivity contribution < 1.29 is 4.74 Å². The molecule has 3 nitrogen and oxygen atoms in total. The number of anilines is 1. The van der Waals surface area contributed by atoms with Gasteiger partial charge < -0.3 is 10.1 Å². The molecular weight excluding hydrogens is 176 g/mol. The van der Waals surface area contributed by atoms with Gasteiger partial charge in [0.25, 0.3) is 0 Å². The summed E-state index contributed by atoms with van der Waals surface area (Å²) in [6.45, 7) is 10.5. The average molecular weight is 196 g/mol. The maximum absolute atomic E-state index is 5.18. The number of pyridine rings is 1. The molecule has 0 amide bonds. The zero-order chi connectivity index (χ0) is 11.0. The highest BCUT2D eigenvalue weighted by molar-refractivity contribution is 5.53. The van der Waals surface area contributed by atoms with Crippen LogP contribution in [-0.4, -0.2) is 11.7 Å². The largest absolute Gasteiger partial charge is 0.469 e.